The van der Waals surface area contributed by atoms with Gasteiger partial charge in [-0.25, -0.2) is 4.98 Å². The molecule has 1 aliphatic rings. The lowest BCUT2D eigenvalue weighted by atomic mass is 9.95. The Labute approximate surface area is 127 Å². The van der Waals surface area contributed by atoms with Crippen LogP contribution in [0.25, 0.3) is 0 Å². The number of nitrogens with zero attached hydrogens (tertiary/aromatic N) is 1. The number of rotatable bonds is 7. The van der Waals surface area contributed by atoms with Crippen LogP contribution in [0.2, 0.25) is 0 Å². The minimum Gasteiger partial charge on any atom is -0.384 e. The average molecular weight is 289 g/mol. The number of hydrogen-bond acceptors (Lipinski definition) is 3. The van der Waals surface area contributed by atoms with Crippen LogP contribution in [0.1, 0.15) is 68.8 Å². The summed E-state index contributed by atoms with van der Waals surface area (Å²) >= 11 is 0. The van der Waals surface area contributed by atoms with E-state index in [0.717, 1.165) is 25.1 Å². The third-order valence-electron chi connectivity index (χ3n) is 4.05. The van der Waals surface area contributed by atoms with Crippen LogP contribution in [0.5, 0.6) is 0 Å². The summed E-state index contributed by atoms with van der Waals surface area (Å²) in [6.45, 7) is 3.16. The fraction of sp³-hybridized carbons (Fsp3) is 0.647. The average Bonchev–Trinajstić information content (AvgIpc) is 2.53. The van der Waals surface area contributed by atoms with Crippen molar-refractivity contribution in [3.05, 3.63) is 24.0 Å². The van der Waals surface area contributed by atoms with E-state index in [0.29, 0.717) is 11.7 Å². The lowest BCUT2D eigenvalue weighted by Crippen LogP contribution is -2.36. The molecule has 0 atom stereocenters. The van der Waals surface area contributed by atoms with E-state index < -0.39 is 0 Å². The van der Waals surface area contributed by atoms with Crippen LogP contribution in [0.4, 0.5) is 5.69 Å². The Kier molecular flexibility index (Phi) is 6.51. The summed E-state index contributed by atoms with van der Waals surface area (Å²) in [6, 6.07) is 4.08. The van der Waals surface area contributed by atoms with E-state index >= 15 is 0 Å². The highest BCUT2D eigenvalue weighted by Gasteiger charge is 2.17. The number of carbonyl (C=O) groups excluding carboxylic acids is 1. The Bertz CT molecular complexity index is 424. The molecule has 1 amide bonds. The van der Waals surface area contributed by atoms with Crippen LogP contribution >= 0.6 is 0 Å². The summed E-state index contributed by atoms with van der Waals surface area (Å²) in [5.41, 5.74) is 1.50. The van der Waals surface area contributed by atoms with Gasteiger partial charge in [-0.15, -0.1) is 0 Å². The highest BCUT2D eigenvalue weighted by atomic mass is 16.1. The second-order valence-corrected chi connectivity index (χ2v) is 5.87. The van der Waals surface area contributed by atoms with Crippen molar-refractivity contribution in [1.82, 2.24) is 10.3 Å². The zero-order chi connectivity index (χ0) is 14.9. The molecule has 4 heteroatoms. The van der Waals surface area contributed by atoms with Gasteiger partial charge in [-0.2, -0.15) is 0 Å². The quantitative estimate of drug-likeness (QED) is 0.752. The van der Waals surface area contributed by atoms with Crippen molar-refractivity contribution in [1.29, 1.82) is 0 Å². The van der Waals surface area contributed by atoms with E-state index in [1.54, 1.807) is 12.3 Å². The molecular formula is C17H27N3O. The number of hydrogen-bond donors (Lipinski definition) is 2. The molecule has 2 rings (SSSR count). The number of aromatic nitrogens is 1. The summed E-state index contributed by atoms with van der Waals surface area (Å²) in [6.07, 6.45) is 11.3. The van der Waals surface area contributed by atoms with E-state index in [1.807, 2.05) is 6.07 Å². The fourth-order valence-corrected chi connectivity index (χ4v) is 2.75. The Morgan fingerprint density at radius 3 is 2.71 bits per heavy atom. The fourth-order valence-electron chi connectivity index (χ4n) is 2.75. The summed E-state index contributed by atoms with van der Waals surface area (Å²) in [4.78, 5) is 16.4. The van der Waals surface area contributed by atoms with Crippen molar-refractivity contribution in [3.8, 4) is 0 Å². The maximum absolute atomic E-state index is 12.1. The van der Waals surface area contributed by atoms with Gasteiger partial charge in [0.15, 0.2) is 0 Å². The highest BCUT2D eigenvalue weighted by molar-refractivity contribution is 5.92. The molecule has 0 bridgehead atoms. The molecule has 0 saturated heterocycles. The molecule has 0 radical (unpaired) electrons. The van der Waals surface area contributed by atoms with Gasteiger partial charge in [0.05, 0.1) is 11.9 Å². The predicted octanol–water partition coefficient (Wildman–Crippen LogP) is 3.75. The first-order valence-electron chi connectivity index (χ1n) is 8.30. The maximum atomic E-state index is 12.1. The predicted molar refractivity (Wildman–Crippen MR) is 86.6 cm³/mol. The van der Waals surface area contributed by atoms with E-state index in [9.17, 15) is 4.79 Å². The zero-order valence-electron chi connectivity index (χ0n) is 13.0. The number of anilines is 1. The van der Waals surface area contributed by atoms with Gasteiger partial charge in [-0.3, -0.25) is 4.79 Å². The molecule has 1 heterocycles. The first kappa shape index (κ1) is 15.8. The minimum atomic E-state index is -0.0422. The molecule has 116 valence electrons. The van der Waals surface area contributed by atoms with E-state index in [-0.39, 0.29) is 5.91 Å². The monoisotopic (exact) mass is 289 g/mol. The lowest BCUT2D eigenvalue weighted by molar-refractivity contribution is 0.0922. The summed E-state index contributed by atoms with van der Waals surface area (Å²) < 4.78 is 0. The van der Waals surface area contributed by atoms with E-state index in [2.05, 4.69) is 22.5 Å². The van der Waals surface area contributed by atoms with Crippen molar-refractivity contribution in [2.24, 2.45) is 0 Å². The van der Waals surface area contributed by atoms with Crippen LogP contribution in [0, 0.1) is 0 Å². The molecule has 4 nitrogen and oxygen atoms in total. The first-order valence-corrected chi connectivity index (χ1v) is 8.30. The summed E-state index contributed by atoms with van der Waals surface area (Å²) in [5, 5.41) is 6.43. The number of amides is 1. The topological polar surface area (TPSA) is 54.0 Å². The number of unbranched alkanes of at least 4 members (excludes halogenated alkanes) is 2. The molecule has 0 spiro atoms. The second kappa shape index (κ2) is 8.65. The molecule has 21 heavy (non-hydrogen) atoms. The molecule has 2 N–H and O–H groups in total. The molecule has 1 aliphatic carbocycles. The van der Waals surface area contributed by atoms with Gasteiger partial charge in [0.2, 0.25) is 0 Å². The zero-order valence-corrected chi connectivity index (χ0v) is 13.0. The minimum absolute atomic E-state index is 0.0422. The normalized spacial score (nSPS) is 15.7. The van der Waals surface area contributed by atoms with Crippen LogP contribution < -0.4 is 10.6 Å². The molecule has 1 aromatic heterocycles. The van der Waals surface area contributed by atoms with Crippen molar-refractivity contribution >= 4 is 11.6 Å². The molecule has 1 saturated carbocycles. The molecule has 1 fully saturated rings. The Morgan fingerprint density at radius 2 is 2.05 bits per heavy atom. The number of nitrogens with one attached hydrogen (secondary N) is 2. The van der Waals surface area contributed by atoms with Crippen LogP contribution in [-0.4, -0.2) is 23.5 Å². The Hall–Kier alpha value is -1.58. The molecule has 0 aliphatic heterocycles. The lowest BCUT2D eigenvalue weighted by Gasteiger charge is -2.22. The maximum Gasteiger partial charge on any atom is 0.270 e. The third-order valence-corrected chi connectivity index (χ3v) is 4.05. The van der Waals surface area contributed by atoms with Gasteiger partial charge in [0.25, 0.3) is 5.91 Å². The molecule has 1 aromatic rings. The standard InChI is InChI=1S/C17H27N3O/c1-2-3-7-12-18-15-10-11-16(19-13-15)17(21)20-14-8-5-4-6-9-14/h10-11,13-14,18H,2-9,12H2,1H3,(H,20,21). The molecule has 0 aromatic carbocycles. The smallest absolute Gasteiger partial charge is 0.270 e. The summed E-state index contributed by atoms with van der Waals surface area (Å²) in [5.74, 6) is -0.0422. The van der Waals surface area contributed by atoms with E-state index in [1.165, 1.54) is 38.5 Å². The SMILES string of the molecule is CCCCCNc1ccc(C(=O)NC2CCCCC2)nc1. The third kappa shape index (κ3) is 5.37. The van der Waals surface area contributed by atoms with Gasteiger partial charge < -0.3 is 10.6 Å². The molecule has 0 unspecified atom stereocenters. The van der Waals surface area contributed by atoms with Crippen LogP contribution in [0.3, 0.4) is 0 Å². The van der Waals surface area contributed by atoms with Gasteiger partial charge in [-0.1, -0.05) is 39.0 Å². The van der Waals surface area contributed by atoms with Gasteiger partial charge in [-0.05, 0) is 31.4 Å². The Morgan fingerprint density at radius 1 is 1.24 bits per heavy atom. The van der Waals surface area contributed by atoms with Crippen molar-refractivity contribution in [3.63, 3.8) is 0 Å². The first-order chi connectivity index (χ1) is 10.3. The highest BCUT2D eigenvalue weighted by Crippen LogP contribution is 2.17. The van der Waals surface area contributed by atoms with Gasteiger partial charge in [0.1, 0.15) is 5.69 Å². The molecular weight excluding hydrogens is 262 g/mol. The summed E-state index contributed by atoms with van der Waals surface area (Å²) in [7, 11) is 0. The van der Waals surface area contributed by atoms with Gasteiger partial charge >= 0.3 is 0 Å². The number of carbonyl (C=O) groups is 1. The Balaban J connectivity index is 1.78. The van der Waals surface area contributed by atoms with Crippen molar-refractivity contribution in [2.75, 3.05) is 11.9 Å². The largest absolute Gasteiger partial charge is 0.384 e. The van der Waals surface area contributed by atoms with Crippen molar-refractivity contribution < 1.29 is 4.79 Å². The van der Waals surface area contributed by atoms with Crippen molar-refractivity contribution in [2.45, 2.75) is 64.3 Å². The van der Waals surface area contributed by atoms with Crippen LogP contribution in [-0.2, 0) is 0 Å². The second-order valence-electron chi connectivity index (χ2n) is 5.87. The van der Waals surface area contributed by atoms with Gasteiger partial charge in [0, 0.05) is 12.6 Å². The number of pyridine rings is 1. The van der Waals surface area contributed by atoms with Crippen LogP contribution in [0.15, 0.2) is 18.3 Å². The van der Waals surface area contributed by atoms with E-state index in [4.69, 9.17) is 0 Å².